The number of carbonyl (C=O) groups is 1. The van der Waals surface area contributed by atoms with Crippen molar-refractivity contribution < 1.29 is 14.3 Å². The highest BCUT2D eigenvalue weighted by atomic mass is 79.9. The van der Waals surface area contributed by atoms with Crippen LogP contribution in [-0.4, -0.2) is 41.8 Å². The van der Waals surface area contributed by atoms with Crippen molar-refractivity contribution in [2.24, 2.45) is 10.8 Å². The Bertz CT molecular complexity index is 848. The van der Waals surface area contributed by atoms with Crippen LogP contribution in [0.25, 0.3) is 11.0 Å². The number of amides is 1. The SMILES string of the molecule is CN(C)C=O.NC(=S)N/N=C/c1c(O)c(Br)cc2oc3c(c12)CCCC3. The van der Waals surface area contributed by atoms with E-state index in [-0.39, 0.29) is 10.9 Å². The van der Waals surface area contributed by atoms with E-state index in [4.69, 9.17) is 22.4 Å². The smallest absolute Gasteiger partial charge is 0.209 e. The first kappa shape index (κ1) is 20.2. The molecule has 7 nitrogen and oxygen atoms in total. The molecular formula is C17H21BrN4O3S. The van der Waals surface area contributed by atoms with Crippen molar-refractivity contribution in [2.45, 2.75) is 25.7 Å². The summed E-state index contributed by atoms with van der Waals surface area (Å²) in [5.41, 5.74) is 10.4. The minimum Gasteiger partial charge on any atom is -0.506 e. The average molecular weight is 441 g/mol. The molecule has 0 atom stereocenters. The highest BCUT2D eigenvalue weighted by Crippen LogP contribution is 2.40. The van der Waals surface area contributed by atoms with Crippen molar-refractivity contribution in [3.63, 3.8) is 0 Å². The molecule has 1 aromatic carbocycles. The number of aryl methyl sites for hydroxylation is 2. The van der Waals surface area contributed by atoms with Crippen molar-refractivity contribution in [2.75, 3.05) is 14.1 Å². The first-order chi connectivity index (χ1) is 12.3. The van der Waals surface area contributed by atoms with Crippen molar-refractivity contribution in [3.05, 3.63) is 27.4 Å². The summed E-state index contributed by atoms with van der Waals surface area (Å²) in [4.78, 5) is 10.9. The van der Waals surface area contributed by atoms with Gasteiger partial charge in [0.25, 0.3) is 0 Å². The Morgan fingerprint density at radius 2 is 2.12 bits per heavy atom. The van der Waals surface area contributed by atoms with Gasteiger partial charge >= 0.3 is 0 Å². The van der Waals surface area contributed by atoms with Crippen LogP contribution in [0.5, 0.6) is 5.75 Å². The van der Waals surface area contributed by atoms with Crippen LogP contribution in [0.4, 0.5) is 0 Å². The zero-order valence-electron chi connectivity index (χ0n) is 14.6. The molecule has 0 radical (unpaired) electrons. The third kappa shape index (κ3) is 4.73. The summed E-state index contributed by atoms with van der Waals surface area (Å²) < 4.78 is 6.49. The van der Waals surface area contributed by atoms with E-state index in [1.165, 1.54) is 11.1 Å². The van der Waals surface area contributed by atoms with Gasteiger partial charge in [0.15, 0.2) is 5.11 Å². The normalized spacial score (nSPS) is 13.0. The molecule has 0 bridgehead atoms. The largest absolute Gasteiger partial charge is 0.506 e. The summed E-state index contributed by atoms with van der Waals surface area (Å²) in [5, 5.41) is 15.3. The Kier molecular flexibility index (Phi) is 6.98. The van der Waals surface area contributed by atoms with Crippen molar-refractivity contribution in [1.29, 1.82) is 0 Å². The van der Waals surface area contributed by atoms with Crippen LogP contribution in [0.3, 0.4) is 0 Å². The Hall–Kier alpha value is -2.13. The van der Waals surface area contributed by atoms with E-state index in [0.29, 0.717) is 10.0 Å². The minimum atomic E-state index is 0.0752. The number of nitrogens with zero attached hydrogens (tertiary/aromatic N) is 2. The lowest BCUT2D eigenvalue weighted by Crippen LogP contribution is -2.24. The number of furan rings is 1. The molecule has 0 spiro atoms. The monoisotopic (exact) mass is 440 g/mol. The van der Waals surface area contributed by atoms with Gasteiger partial charge in [0.2, 0.25) is 6.41 Å². The number of rotatable bonds is 3. The minimum absolute atomic E-state index is 0.0752. The fourth-order valence-corrected chi connectivity index (χ4v) is 3.17. The molecule has 1 aliphatic carbocycles. The van der Waals surface area contributed by atoms with Crippen molar-refractivity contribution in [3.8, 4) is 5.75 Å². The highest BCUT2D eigenvalue weighted by molar-refractivity contribution is 9.10. The van der Waals surface area contributed by atoms with Crippen molar-refractivity contribution in [1.82, 2.24) is 10.3 Å². The summed E-state index contributed by atoms with van der Waals surface area (Å²) in [6.45, 7) is 0. The van der Waals surface area contributed by atoms with E-state index in [1.54, 1.807) is 20.2 Å². The van der Waals surface area contributed by atoms with Crippen molar-refractivity contribution >= 4 is 56.9 Å². The number of nitrogens with one attached hydrogen (secondary N) is 1. The van der Waals surface area contributed by atoms with Gasteiger partial charge < -0.3 is 20.2 Å². The van der Waals surface area contributed by atoms with Gasteiger partial charge in [-0.25, -0.2) is 0 Å². The molecule has 3 rings (SSSR count). The predicted molar refractivity (Wildman–Crippen MR) is 109 cm³/mol. The summed E-state index contributed by atoms with van der Waals surface area (Å²) in [7, 11) is 3.38. The second-order valence-electron chi connectivity index (χ2n) is 6.01. The van der Waals surface area contributed by atoms with Crippen LogP contribution in [0.15, 0.2) is 20.1 Å². The van der Waals surface area contributed by atoms with Gasteiger partial charge in [-0.2, -0.15) is 5.10 Å². The quantitative estimate of drug-likeness (QED) is 0.293. The lowest BCUT2D eigenvalue weighted by atomic mass is 9.94. The molecule has 26 heavy (non-hydrogen) atoms. The molecule has 1 amide bonds. The second kappa shape index (κ2) is 9.00. The summed E-state index contributed by atoms with van der Waals surface area (Å²) in [5.74, 6) is 1.14. The standard InChI is InChI=1S/C14H14BrN3O2S.C3H7NO/c15-9-5-11-12(7-3-1-2-4-10(7)20-11)8(13(9)19)6-17-18-14(16)21;1-4(2)3-5/h5-6,19H,1-4H2,(H3,16,18,21);3H,1-2H3/b17-6+;. The van der Waals surface area contributed by atoms with Crippen LogP contribution < -0.4 is 11.2 Å². The van der Waals surface area contributed by atoms with Crippen LogP contribution >= 0.6 is 28.1 Å². The summed E-state index contributed by atoms with van der Waals surface area (Å²) in [6, 6.07) is 1.79. The lowest BCUT2D eigenvalue weighted by molar-refractivity contribution is -0.115. The predicted octanol–water partition coefficient (Wildman–Crippen LogP) is 2.65. The van der Waals surface area contributed by atoms with E-state index in [2.05, 4.69) is 26.5 Å². The molecule has 9 heteroatoms. The molecule has 1 aromatic heterocycles. The maximum Gasteiger partial charge on any atom is 0.209 e. The number of nitrogens with two attached hydrogens (primary N) is 1. The van der Waals surface area contributed by atoms with Gasteiger partial charge in [-0.05, 0) is 53.5 Å². The van der Waals surface area contributed by atoms with Gasteiger partial charge in [0, 0.05) is 37.0 Å². The fourth-order valence-electron chi connectivity index (χ4n) is 2.70. The van der Waals surface area contributed by atoms with Crippen LogP contribution in [-0.2, 0) is 17.6 Å². The molecule has 0 fully saturated rings. The van der Waals surface area contributed by atoms with E-state index in [1.807, 2.05) is 0 Å². The van der Waals surface area contributed by atoms with E-state index >= 15 is 0 Å². The molecule has 4 N–H and O–H groups in total. The molecule has 140 valence electrons. The number of benzene rings is 1. The van der Waals surface area contributed by atoms with Gasteiger partial charge in [0.1, 0.15) is 17.1 Å². The van der Waals surface area contributed by atoms with Gasteiger partial charge in [-0.3, -0.25) is 10.2 Å². The third-order valence-corrected chi connectivity index (χ3v) is 4.48. The van der Waals surface area contributed by atoms with Crippen LogP contribution in [0, 0.1) is 0 Å². The topological polar surface area (TPSA) is 104 Å². The van der Waals surface area contributed by atoms with E-state index < -0.39 is 0 Å². The zero-order chi connectivity index (χ0) is 19.3. The number of phenols is 1. The van der Waals surface area contributed by atoms with E-state index in [0.717, 1.165) is 54.4 Å². The summed E-state index contributed by atoms with van der Waals surface area (Å²) >= 11 is 8.05. The zero-order valence-corrected chi connectivity index (χ0v) is 17.0. The van der Waals surface area contributed by atoms with Crippen LogP contribution in [0.1, 0.15) is 29.7 Å². The first-order valence-corrected chi connectivity index (χ1v) is 9.21. The number of fused-ring (bicyclic) bond motifs is 3. The number of thiocarbonyl (C=S) groups is 1. The molecule has 0 saturated carbocycles. The van der Waals surface area contributed by atoms with Gasteiger partial charge in [-0.1, -0.05) is 0 Å². The number of hydrogen-bond donors (Lipinski definition) is 3. The Labute approximate surface area is 165 Å². The maximum atomic E-state index is 10.3. The van der Waals surface area contributed by atoms with Gasteiger partial charge in [0.05, 0.1) is 10.7 Å². The number of halogens is 1. The number of phenolic OH excluding ortho intramolecular Hbond substituents is 1. The number of hydrazone groups is 1. The molecule has 0 saturated heterocycles. The molecule has 0 unspecified atom stereocenters. The Morgan fingerprint density at radius 3 is 2.73 bits per heavy atom. The lowest BCUT2D eigenvalue weighted by Gasteiger charge is -2.10. The highest BCUT2D eigenvalue weighted by Gasteiger charge is 2.22. The average Bonchev–Trinajstić information content (AvgIpc) is 2.96. The number of carbonyl (C=O) groups excluding carboxylic acids is 1. The Balaban J connectivity index is 0.000000431. The molecule has 1 heterocycles. The molecular weight excluding hydrogens is 420 g/mol. The molecule has 2 aromatic rings. The molecule has 1 aliphatic rings. The van der Waals surface area contributed by atoms with Gasteiger partial charge in [-0.15, -0.1) is 0 Å². The Morgan fingerprint density at radius 1 is 1.46 bits per heavy atom. The first-order valence-electron chi connectivity index (χ1n) is 8.01. The number of hydrogen-bond acceptors (Lipinski definition) is 5. The second-order valence-corrected chi connectivity index (χ2v) is 7.30. The van der Waals surface area contributed by atoms with Crippen LogP contribution in [0.2, 0.25) is 0 Å². The molecule has 0 aliphatic heterocycles. The number of aromatic hydroxyl groups is 1. The maximum absolute atomic E-state index is 10.3. The third-order valence-electron chi connectivity index (χ3n) is 3.79. The van der Waals surface area contributed by atoms with E-state index in [9.17, 15) is 9.90 Å². The fraction of sp³-hybridized carbons (Fsp3) is 0.353. The summed E-state index contributed by atoms with van der Waals surface area (Å²) in [6.07, 6.45) is 6.41.